The molecule has 0 spiro atoms. The first-order valence-corrected chi connectivity index (χ1v) is 4.61. The van der Waals surface area contributed by atoms with Crippen LogP contribution in [0.15, 0.2) is 24.3 Å². The summed E-state index contributed by atoms with van der Waals surface area (Å²) in [5.74, 6) is -0.102. The van der Waals surface area contributed by atoms with Gasteiger partial charge in [-0.2, -0.15) is 0 Å². The van der Waals surface area contributed by atoms with Crippen LogP contribution >= 0.6 is 0 Å². The Kier molecular flexibility index (Phi) is 3.65. The number of hydroxylamine groups is 2. The molecule has 0 radical (unpaired) electrons. The molecule has 0 aliphatic carbocycles. The van der Waals surface area contributed by atoms with E-state index >= 15 is 0 Å². The molecule has 76 valence electrons. The van der Waals surface area contributed by atoms with E-state index in [1.165, 1.54) is 12.2 Å². The first kappa shape index (κ1) is 10.7. The van der Waals surface area contributed by atoms with Crippen LogP contribution in [0.4, 0.5) is 0 Å². The van der Waals surface area contributed by atoms with Crippen molar-refractivity contribution in [2.45, 2.75) is 13.8 Å². The number of aryl methyl sites for hydroxylation is 1. The largest absolute Gasteiger partial charge is 0.277 e. The number of benzene rings is 1. The van der Waals surface area contributed by atoms with Gasteiger partial charge in [0.05, 0.1) is 7.11 Å². The standard InChI is InChI=1S/C11H15NO2/c1-4-12(14-3)11(13)10-7-5-9(2)6-8-10/h5-8H,4H2,1-3H3. The number of carbonyl (C=O) groups excluding carboxylic acids is 1. The normalized spacial score (nSPS) is 9.93. The zero-order valence-electron chi connectivity index (χ0n) is 8.78. The van der Waals surface area contributed by atoms with Gasteiger partial charge in [-0.3, -0.25) is 9.63 Å². The molecule has 1 amide bonds. The van der Waals surface area contributed by atoms with Gasteiger partial charge in [0.1, 0.15) is 0 Å². The third kappa shape index (κ3) is 2.33. The van der Waals surface area contributed by atoms with Crippen molar-refractivity contribution in [2.24, 2.45) is 0 Å². The number of amides is 1. The summed E-state index contributed by atoms with van der Waals surface area (Å²) in [5.41, 5.74) is 1.79. The molecule has 1 aromatic rings. The molecule has 3 heteroatoms. The summed E-state index contributed by atoms with van der Waals surface area (Å²) in [6.07, 6.45) is 0. The lowest BCUT2D eigenvalue weighted by molar-refractivity contribution is -0.0915. The van der Waals surface area contributed by atoms with Gasteiger partial charge in [-0.05, 0) is 26.0 Å². The molecule has 0 N–H and O–H groups in total. The molecule has 3 nitrogen and oxygen atoms in total. The van der Waals surface area contributed by atoms with E-state index in [0.29, 0.717) is 12.1 Å². The summed E-state index contributed by atoms with van der Waals surface area (Å²) in [6.45, 7) is 4.40. The van der Waals surface area contributed by atoms with Gasteiger partial charge in [0, 0.05) is 12.1 Å². The van der Waals surface area contributed by atoms with Crippen LogP contribution in [-0.2, 0) is 4.84 Å². The van der Waals surface area contributed by atoms with E-state index in [0.717, 1.165) is 5.56 Å². The first-order valence-electron chi connectivity index (χ1n) is 4.61. The summed E-state index contributed by atoms with van der Waals surface area (Å²) in [7, 11) is 1.50. The maximum absolute atomic E-state index is 11.7. The molecule has 0 bridgehead atoms. The molecular formula is C11H15NO2. The number of nitrogens with zero attached hydrogens (tertiary/aromatic N) is 1. The second kappa shape index (κ2) is 4.77. The van der Waals surface area contributed by atoms with Gasteiger partial charge in [-0.1, -0.05) is 17.7 Å². The fraction of sp³-hybridized carbons (Fsp3) is 0.364. The van der Waals surface area contributed by atoms with Crippen molar-refractivity contribution in [3.05, 3.63) is 35.4 Å². The van der Waals surface area contributed by atoms with E-state index in [1.54, 1.807) is 12.1 Å². The fourth-order valence-electron chi connectivity index (χ4n) is 1.20. The summed E-state index contributed by atoms with van der Waals surface area (Å²) in [6, 6.07) is 7.44. The van der Waals surface area contributed by atoms with E-state index in [2.05, 4.69) is 0 Å². The first-order chi connectivity index (χ1) is 6.69. The molecule has 0 atom stereocenters. The third-order valence-corrected chi connectivity index (χ3v) is 2.03. The molecule has 0 unspecified atom stereocenters. The summed E-state index contributed by atoms with van der Waals surface area (Å²) >= 11 is 0. The molecule has 0 heterocycles. The Morgan fingerprint density at radius 2 is 1.93 bits per heavy atom. The zero-order chi connectivity index (χ0) is 10.6. The van der Waals surface area contributed by atoms with Crippen molar-refractivity contribution in [2.75, 3.05) is 13.7 Å². The predicted octanol–water partition coefficient (Wildman–Crippen LogP) is 2.02. The Balaban J connectivity index is 2.83. The topological polar surface area (TPSA) is 29.5 Å². The van der Waals surface area contributed by atoms with Gasteiger partial charge in [0.2, 0.25) is 0 Å². The van der Waals surface area contributed by atoms with Crippen molar-refractivity contribution < 1.29 is 9.63 Å². The van der Waals surface area contributed by atoms with Crippen LogP contribution in [0, 0.1) is 6.92 Å². The van der Waals surface area contributed by atoms with Gasteiger partial charge in [-0.15, -0.1) is 0 Å². The van der Waals surface area contributed by atoms with Crippen LogP contribution in [0.5, 0.6) is 0 Å². The number of hydrogen-bond acceptors (Lipinski definition) is 2. The molecule has 0 fully saturated rings. The van der Waals surface area contributed by atoms with E-state index in [4.69, 9.17) is 4.84 Å². The lowest BCUT2D eigenvalue weighted by Gasteiger charge is -2.17. The van der Waals surface area contributed by atoms with E-state index in [-0.39, 0.29) is 5.91 Å². The Hall–Kier alpha value is -1.35. The minimum absolute atomic E-state index is 0.102. The second-order valence-corrected chi connectivity index (χ2v) is 3.05. The lowest BCUT2D eigenvalue weighted by atomic mass is 10.1. The number of carbonyl (C=O) groups is 1. The molecule has 0 aromatic heterocycles. The van der Waals surface area contributed by atoms with Crippen LogP contribution in [-0.4, -0.2) is 24.6 Å². The Bertz CT molecular complexity index is 302. The van der Waals surface area contributed by atoms with Gasteiger partial charge >= 0.3 is 0 Å². The average Bonchev–Trinajstić information content (AvgIpc) is 2.20. The summed E-state index contributed by atoms with van der Waals surface area (Å²) in [4.78, 5) is 16.6. The monoisotopic (exact) mass is 193 g/mol. The predicted molar refractivity (Wildman–Crippen MR) is 54.9 cm³/mol. The Morgan fingerprint density at radius 1 is 1.36 bits per heavy atom. The molecule has 1 rings (SSSR count). The van der Waals surface area contributed by atoms with Gasteiger partial charge in [0.15, 0.2) is 0 Å². The zero-order valence-corrected chi connectivity index (χ0v) is 8.78. The lowest BCUT2D eigenvalue weighted by Crippen LogP contribution is -2.29. The van der Waals surface area contributed by atoms with Gasteiger partial charge in [-0.25, -0.2) is 5.06 Å². The number of hydrogen-bond donors (Lipinski definition) is 0. The van der Waals surface area contributed by atoms with E-state index < -0.39 is 0 Å². The fourth-order valence-corrected chi connectivity index (χ4v) is 1.20. The summed E-state index contributed by atoms with van der Waals surface area (Å²) in [5, 5.41) is 1.32. The highest BCUT2D eigenvalue weighted by atomic mass is 16.7. The van der Waals surface area contributed by atoms with Crippen LogP contribution in [0.25, 0.3) is 0 Å². The van der Waals surface area contributed by atoms with Crippen molar-refractivity contribution in [1.29, 1.82) is 0 Å². The quantitative estimate of drug-likeness (QED) is 0.687. The van der Waals surface area contributed by atoms with Crippen LogP contribution in [0.3, 0.4) is 0 Å². The molecular weight excluding hydrogens is 178 g/mol. The van der Waals surface area contributed by atoms with Crippen LogP contribution < -0.4 is 0 Å². The molecule has 0 aliphatic heterocycles. The van der Waals surface area contributed by atoms with Gasteiger partial charge in [0.25, 0.3) is 5.91 Å². The van der Waals surface area contributed by atoms with Crippen LogP contribution in [0.2, 0.25) is 0 Å². The summed E-state index contributed by atoms with van der Waals surface area (Å²) < 4.78 is 0. The maximum Gasteiger partial charge on any atom is 0.277 e. The molecule has 1 aromatic carbocycles. The smallest absolute Gasteiger partial charge is 0.274 e. The minimum atomic E-state index is -0.102. The minimum Gasteiger partial charge on any atom is -0.274 e. The van der Waals surface area contributed by atoms with Crippen LogP contribution in [0.1, 0.15) is 22.8 Å². The Labute approximate surface area is 84.2 Å². The van der Waals surface area contributed by atoms with Crippen molar-refractivity contribution in [3.8, 4) is 0 Å². The SMILES string of the molecule is CCN(OC)C(=O)c1ccc(C)cc1. The van der Waals surface area contributed by atoms with E-state index in [1.807, 2.05) is 26.0 Å². The van der Waals surface area contributed by atoms with Crippen molar-refractivity contribution in [1.82, 2.24) is 5.06 Å². The molecule has 14 heavy (non-hydrogen) atoms. The Morgan fingerprint density at radius 3 is 2.36 bits per heavy atom. The molecule has 0 aliphatic rings. The third-order valence-electron chi connectivity index (χ3n) is 2.03. The highest BCUT2D eigenvalue weighted by molar-refractivity contribution is 5.93. The maximum atomic E-state index is 11.7. The average molecular weight is 193 g/mol. The highest BCUT2D eigenvalue weighted by Crippen LogP contribution is 2.06. The highest BCUT2D eigenvalue weighted by Gasteiger charge is 2.12. The second-order valence-electron chi connectivity index (χ2n) is 3.05. The molecule has 0 saturated heterocycles. The van der Waals surface area contributed by atoms with E-state index in [9.17, 15) is 4.79 Å². The van der Waals surface area contributed by atoms with Gasteiger partial charge < -0.3 is 0 Å². The van der Waals surface area contributed by atoms with Crippen molar-refractivity contribution >= 4 is 5.91 Å². The number of rotatable bonds is 3. The van der Waals surface area contributed by atoms with Crippen molar-refractivity contribution in [3.63, 3.8) is 0 Å². The molecule has 0 saturated carbocycles.